The van der Waals surface area contributed by atoms with Gasteiger partial charge in [0.1, 0.15) is 0 Å². The number of hydrogen-bond acceptors (Lipinski definition) is 3. The molecule has 0 spiro atoms. The van der Waals surface area contributed by atoms with Gasteiger partial charge >= 0.3 is 5.97 Å². The van der Waals surface area contributed by atoms with Crippen molar-refractivity contribution >= 4 is 11.9 Å². The summed E-state index contributed by atoms with van der Waals surface area (Å²) in [6, 6.07) is 0. The second-order valence-electron chi connectivity index (χ2n) is 6.52. The van der Waals surface area contributed by atoms with E-state index in [9.17, 15) is 14.7 Å². The van der Waals surface area contributed by atoms with E-state index in [1.807, 2.05) is 13.8 Å². The molecular formula is C16H27NO4. The van der Waals surface area contributed by atoms with Crippen molar-refractivity contribution in [3.8, 4) is 0 Å². The van der Waals surface area contributed by atoms with Gasteiger partial charge in [0, 0.05) is 26.1 Å². The molecular weight excluding hydrogens is 270 g/mol. The molecule has 1 aliphatic heterocycles. The Morgan fingerprint density at radius 1 is 1.33 bits per heavy atom. The van der Waals surface area contributed by atoms with Crippen LogP contribution < -0.4 is 0 Å². The lowest BCUT2D eigenvalue weighted by Crippen LogP contribution is -2.39. The van der Waals surface area contributed by atoms with Gasteiger partial charge in [0.15, 0.2) is 0 Å². The molecule has 0 aromatic rings. The number of carboxylic acid groups (broad SMARTS) is 1. The van der Waals surface area contributed by atoms with Crippen LogP contribution in [0, 0.1) is 11.3 Å². The average molecular weight is 297 g/mol. The number of carboxylic acids is 1. The van der Waals surface area contributed by atoms with E-state index in [1.54, 1.807) is 4.90 Å². The van der Waals surface area contributed by atoms with Crippen LogP contribution >= 0.6 is 0 Å². The lowest BCUT2D eigenvalue weighted by Gasteiger charge is -2.35. The fourth-order valence-corrected chi connectivity index (χ4v) is 3.64. The maximum atomic E-state index is 12.3. The molecule has 21 heavy (non-hydrogen) atoms. The number of ether oxygens (including phenoxy) is 1. The minimum absolute atomic E-state index is 0.120. The quantitative estimate of drug-likeness (QED) is 0.783. The van der Waals surface area contributed by atoms with Crippen LogP contribution in [0.4, 0.5) is 0 Å². The van der Waals surface area contributed by atoms with E-state index in [2.05, 4.69) is 0 Å². The van der Waals surface area contributed by atoms with Gasteiger partial charge in [-0.05, 0) is 38.5 Å². The molecule has 5 heteroatoms. The zero-order valence-corrected chi connectivity index (χ0v) is 13.1. The number of likely N-dealkylation sites (tertiary alicyclic amines) is 1. The van der Waals surface area contributed by atoms with Crippen molar-refractivity contribution in [2.24, 2.45) is 11.3 Å². The summed E-state index contributed by atoms with van der Waals surface area (Å²) in [7, 11) is 0. The molecule has 2 rings (SSSR count). The number of hydrogen-bond donors (Lipinski definition) is 1. The van der Waals surface area contributed by atoms with Crippen molar-refractivity contribution in [2.75, 3.05) is 19.7 Å². The number of carbonyl (C=O) groups is 2. The molecule has 1 amide bonds. The molecule has 0 aromatic heterocycles. The zero-order valence-electron chi connectivity index (χ0n) is 13.1. The maximum Gasteiger partial charge on any atom is 0.311 e. The topological polar surface area (TPSA) is 66.8 Å². The van der Waals surface area contributed by atoms with Crippen molar-refractivity contribution in [3.63, 3.8) is 0 Å². The van der Waals surface area contributed by atoms with Crippen LogP contribution in [0.15, 0.2) is 0 Å². The van der Waals surface area contributed by atoms with E-state index in [0.29, 0.717) is 44.4 Å². The molecule has 1 N–H and O–H groups in total. The van der Waals surface area contributed by atoms with E-state index in [1.165, 1.54) is 0 Å². The molecule has 2 fully saturated rings. The van der Waals surface area contributed by atoms with E-state index in [4.69, 9.17) is 4.74 Å². The van der Waals surface area contributed by atoms with Gasteiger partial charge in [-0.15, -0.1) is 0 Å². The molecule has 1 atom stereocenters. The van der Waals surface area contributed by atoms with Gasteiger partial charge in [-0.3, -0.25) is 9.59 Å². The molecule has 5 nitrogen and oxygen atoms in total. The van der Waals surface area contributed by atoms with Crippen LogP contribution in [0.1, 0.15) is 52.4 Å². The van der Waals surface area contributed by atoms with Gasteiger partial charge in [0.2, 0.25) is 5.91 Å². The standard InChI is InChI=1S/C16H27NO4/c1-3-5-16(15(19)20)6-7-17(11-16)14(18)10-12-8-13(9-12)21-4-2/h12-13H,3-11H2,1-2H3,(H,19,20). The van der Waals surface area contributed by atoms with Crippen molar-refractivity contribution in [1.29, 1.82) is 0 Å². The third-order valence-corrected chi connectivity index (χ3v) is 4.95. The summed E-state index contributed by atoms with van der Waals surface area (Å²) in [6.45, 7) is 5.69. The molecule has 0 radical (unpaired) electrons. The van der Waals surface area contributed by atoms with E-state index in [0.717, 1.165) is 25.9 Å². The third-order valence-electron chi connectivity index (χ3n) is 4.95. The second-order valence-corrected chi connectivity index (χ2v) is 6.52. The van der Waals surface area contributed by atoms with Gasteiger partial charge in [-0.25, -0.2) is 0 Å². The maximum absolute atomic E-state index is 12.3. The fourth-order valence-electron chi connectivity index (χ4n) is 3.64. The summed E-state index contributed by atoms with van der Waals surface area (Å²) in [5.41, 5.74) is -0.710. The van der Waals surface area contributed by atoms with Gasteiger partial charge in [0.25, 0.3) is 0 Å². The molecule has 0 bridgehead atoms. The van der Waals surface area contributed by atoms with E-state index < -0.39 is 11.4 Å². The third kappa shape index (κ3) is 3.57. The van der Waals surface area contributed by atoms with Crippen molar-refractivity contribution in [2.45, 2.75) is 58.5 Å². The highest BCUT2D eigenvalue weighted by Crippen LogP contribution is 2.38. The summed E-state index contributed by atoms with van der Waals surface area (Å²) in [5, 5.41) is 9.47. The minimum Gasteiger partial charge on any atom is -0.481 e. The second kappa shape index (κ2) is 6.77. The lowest BCUT2D eigenvalue weighted by molar-refractivity contribution is -0.149. The highest BCUT2D eigenvalue weighted by atomic mass is 16.5. The molecule has 0 aromatic carbocycles. The molecule has 120 valence electrons. The summed E-state index contributed by atoms with van der Waals surface area (Å²) in [5.74, 6) is -0.214. The van der Waals surface area contributed by atoms with Gasteiger partial charge in [-0.1, -0.05) is 13.3 Å². The first kappa shape index (κ1) is 16.3. The minimum atomic E-state index is -0.750. The lowest BCUT2D eigenvalue weighted by atomic mass is 9.79. The zero-order chi connectivity index (χ0) is 15.5. The molecule has 1 heterocycles. The van der Waals surface area contributed by atoms with Gasteiger partial charge in [-0.2, -0.15) is 0 Å². The predicted molar refractivity (Wildman–Crippen MR) is 78.9 cm³/mol. The van der Waals surface area contributed by atoms with E-state index >= 15 is 0 Å². The van der Waals surface area contributed by atoms with Crippen LogP contribution in [0.5, 0.6) is 0 Å². The van der Waals surface area contributed by atoms with Crippen LogP contribution in [-0.2, 0) is 14.3 Å². The number of aliphatic carboxylic acids is 1. The Morgan fingerprint density at radius 3 is 2.62 bits per heavy atom. The number of rotatable bonds is 7. The first-order chi connectivity index (χ1) is 10.0. The van der Waals surface area contributed by atoms with Crippen molar-refractivity contribution in [3.05, 3.63) is 0 Å². The number of nitrogens with zero attached hydrogens (tertiary/aromatic N) is 1. The molecule has 2 aliphatic rings. The van der Waals surface area contributed by atoms with Gasteiger partial charge in [0.05, 0.1) is 11.5 Å². The monoisotopic (exact) mass is 297 g/mol. The highest BCUT2D eigenvalue weighted by molar-refractivity contribution is 5.80. The van der Waals surface area contributed by atoms with Crippen LogP contribution in [0.2, 0.25) is 0 Å². The first-order valence-corrected chi connectivity index (χ1v) is 8.13. The summed E-state index contributed by atoms with van der Waals surface area (Å²) in [6.07, 6.45) is 4.89. The largest absolute Gasteiger partial charge is 0.481 e. The molecule has 1 aliphatic carbocycles. The number of amides is 1. The first-order valence-electron chi connectivity index (χ1n) is 8.13. The summed E-state index contributed by atoms with van der Waals surface area (Å²) >= 11 is 0. The molecule has 1 saturated heterocycles. The average Bonchev–Trinajstić information content (AvgIpc) is 2.82. The Bertz CT molecular complexity index is 392. The molecule has 1 saturated carbocycles. The summed E-state index contributed by atoms with van der Waals surface area (Å²) in [4.78, 5) is 25.6. The Kier molecular flexibility index (Phi) is 5.25. The van der Waals surface area contributed by atoms with Crippen LogP contribution in [0.3, 0.4) is 0 Å². The Balaban J connectivity index is 1.81. The SMILES string of the molecule is CCCC1(C(=O)O)CCN(C(=O)CC2CC(OCC)C2)C1. The Morgan fingerprint density at radius 2 is 2.05 bits per heavy atom. The Labute approximate surface area is 126 Å². The fraction of sp³-hybridized carbons (Fsp3) is 0.875. The highest BCUT2D eigenvalue weighted by Gasteiger charge is 2.45. The smallest absolute Gasteiger partial charge is 0.311 e. The van der Waals surface area contributed by atoms with Gasteiger partial charge < -0.3 is 14.7 Å². The van der Waals surface area contributed by atoms with Crippen LogP contribution in [0.25, 0.3) is 0 Å². The van der Waals surface area contributed by atoms with Crippen molar-refractivity contribution in [1.82, 2.24) is 4.90 Å². The van der Waals surface area contributed by atoms with Crippen molar-refractivity contribution < 1.29 is 19.4 Å². The Hall–Kier alpha value is -1.10. The van der Waals surface area contributed by atoms with E-state index in [-0.39, 0.29) is 5.91 Å². The predicted octanol–water partition coefficient (Wildman–Crippen LogP) is 2.30. The summed E-state index contributed by atoms with van der Waals surface area (Å²) < 4.78 is 5.51. The molecule has 1 unspecified atom stereocenters. The van der Waals surface area contributed by atoms with Crippen LogP contribution in [-0.4, -0.2) is 47.7 Å². The number of carbonyl (C=O) groups excluding carboxylic acids is 1. The normalized spacial score (nSPS) is 32.0.